The molecule has 0 amide bonds. The molecule has 0 spiro atoms. The van der Waals surface area contributed by atoms with Crippen LogP contribution in [0.5, 0.6) is 0 Å². The van der Waals surface area contributed by atoms with Gasteiger partial charge in [-0.05, 0) is 82.4 Å². The molecule has 3 nitrogen and oxygen atoms in total. The first kappa shape index (κ1) is 34.5. The zero-order valence-corrected chi connectivity index (χ0v) is 34.4. The summed E-state index contributed by atoms with van der Waals surface area (Å²) in [5.41, 5.74) is 16.3. The summed E-state index contributed by atoms with van der Waals surface area (Å²) in [5.74, 6) is 0. The van der Waals surface area contributed by atoms with E-state index in [1.54, 1.807) is 0 Å². The molecule has 61 heavy (non-hydrogen) atoms. The summed E-state index contributed by atoms with van der Waals surface area (Å²) in [7, 11) is 0. The molecule has 4 heteroatoms. The Labute approximate surface area is 356 Å². The van der Waals surface area contributed by atoms with Crippen molar-refractivity contribution in [1.82, 2.24) is 0 Å². The van der Waals surface area contributed by atoms with Gasteiger partial charge in [-0.15, -0.1) is 11.3 Å². The first-order valence-electron chi connectivity index (χ1n) is 20.9. The molecule has 0 aliphatic heterocycles. The quantitative estimate of drug-likeness (QED) is 0.174. The summed E-state index contributed by atoms with van der Waals surface area (Å²) in [6, 6.07) is 68.2. The van der Waals surface area contributed by atoms with Crippen LogP contribution in [0.25, 0.3) is 97.4 Å². The van der Waals surface area contributed by atoms with E-state index in [2.05, 4.69) is 201 Å². The number of thiophene rings is 1. The lowest BCUT2D eigenvalue weighted by Gasteiger charge is -2.30. The molecule has 3 aromatic heterocycles. The molecular formula is C57H37NO2S. The standard InChI is InChI=1S/C57H37NO2S/c1-57(2)46-23-10-6-18-38(46)39-28-27-35(33-47(39)57)58(48-24-11-7-17-37(48)34-15-4-3-5-16-34)36-31-44(42-22-14-21-41-40-19-9-13-26-52(40)61-56(41)42)55-45(32-36)54-51(60-55)30-29-50-53(54)43-20-8-12-25-49(43)59-50/h3-33H,1-2H3. The second kappa shape index (κ2) is 12.8. The number of rotatable bonds is 5. The summed E-state index contributed by atoms with van der Waals surface area (Å²) in [4.78, 5) is 2.47. The third-order valence-corrected chi connectivity index (χ3v) is 14.3. The average molecular weight is 800 g/mol. The lowest BCUT2D eigenvalue weighted by atomic mass is 9.82. The number of hydrogen-bond donors (Lipinski definition) is 0. The highest BCUT2D eigenvalue weighted by atomic mass is 32.1. The second-order valence-corrected chi connectivity index (χ2v) is 17.8. The number of furan rings is 2. The number of fused-ring (bicyclic) bond motifs is 13. The minimum Gasteiger partial charge on any atom is -0.456 e. The van der Waals surface area contributed by atoms with E-state index in [0.29, 0.717) is 0 Å². The van der Waals surface area contributed by atoms with Crippen molar-refractivity contribution in [2.24, 2.45) is 0 Å². The molecule has 9 aromatic carbocycles. The van der Waals surface area contributed by atoms with Crippen LogP contribution in [0.4, 0.5) is 17.1 Å². The molecule has 0 atom stereocenters. The third kappa shape index (κ3) is 4.97. The van der Waals surface area contributed by atoms with E-state index in [4.69, 9.17) is 8.83 Å². The Hall–Kier alpha value is -7.40. The van der Waals surface area contributed by atoms with Crippen LogP contribution < -0.4 is 4.90 Å². The molecule has 0 radical (unpaired) electrons. The zero-order valence-electron chi connectivity index (χ0n) is 33.6. The van der Waals surface area contributed by atoms with Crippen molar-refractivity contribution in [1.29, 1.82) is 0 Å². The van der Waals surface area contributed by atoms with Crippen molar-refractivity contribution < 1.29 is 8.83 Å². The normalized spacial score (nSPS) is 13.2. The molecule has 0 bridgehead atoms. The SMILES string of the molecule is CC1(C)c2ccccc2-c2ccc(N(c3cc(-c4cccc5c4sc4ccccc45)c4oc5ccc6oc7ccccc7c6c5c4c3)c3ccccc3-c3ccccc3)cc21. The first-order valence-corrected chi connectivity index (χ1v) is 21.7. The highest BCUT2D eigenvalue weighted by Gasteiger charge is 2.36. The topological polar surface area (TPSA) is 29.5 Å². The van der Waals surface area contributed by atoms with Gasteiger partial charge in [-0.1, -0.05) is 147 Å². The number of hydrogen-bond acceptors (Lipinski definition) is 4. The number of anilines is 3. The van der Waals surface area contributed by atoms with Crippen molar-refractivity contribution >= 4 is 92.4 Å². The van der Waals surface area contributed by atoms with Gasteiger partial charge in [0.25, 0.3) is 0 Å². The Morgan fingerprint density at radius 1 is 0.426 bits per heavy atom. The van der Waals surface area contributed by atoms with Crippen LogP contribution >= 0.6 is 11.3 Å². The third-order valence-electron chi connectivity index (χ3n) is 13.1. The lowest BCUT2D eigenvalue weighted by Crippen LogP contribution is -2.17. The molecule has 288 valence electrons. The molecule has 1 aliphatic rings. The maximum atomic E-state index is 7.09. The Balaban J connectivity index is 1.17. The number of nitrogens with zero attached hydrogens (tertiary/aromatic N) is 1. The fraction of sp³-hybridized carbons (Fsp3) is 0.0526. The highest BCUT2D eigenvalue weighted by Crippen LogP contribution is 2.53. The van der Waals surface area contributed by atoms with Gasteiger partial charge in [0.1, 0.15) is 22.3 Å². The van der Waals surface area contributed by atoms with E-state index >= 15 is 0 Å². The van der Waals surface area contributed by atoms with Gasteiger partial charge in [0.2, 0.25) is 0 Å². The Morgan fingerprint density at radius 3 is 1.98 bits per heavy atom. The van der Waals surface area contributed by atoms with Crippen LogP contribution in [0, 0.1) is 0 Å². The summed E-state index contributed by atoms with van der Waals surface area (Å²) in [5, 5.41) is 6.79. The molecule has 0 saturated heterocycles. The van der Waals surface area contributed by atoms with Crippen LogP contribution in [0.15, 0.2) is 197 Å². The van der Waals surface area contributed by atoms with Gasteiger partial charge < -0.3 is 13.7 Å². The molecule has 12 aromatic rings. The maximum absolute atomic E-state index is 7.09. The monoisotopic (exact) mass is 799 g/mol. The fourth-order valence-corrected chi connectivity index (χ4v) is 11.5. The van der Waals surface area contributed by atoms with Crippen LogP contribution in [0.3, 0.4) is 0 Å². The largest absolute Gasteiger partial charge is 0.456 e. The molecule has 13 rings (SSSR count). The molecule has 1 aliphatic carbocycles. The first-order chi connectivity index (χ1) is 30.0. The van der Waals surface area contributed by atoms with Gasteiger partial charge in [-0.3, -0.25) is 0 Å². The molecule has 0 unspecified atom stereocenters. The molecule has 3 heterocycles. The lowest BCUT2D eigenvalue weighted by molar-refractivity contribution is 0.660. The Morgan fingerprint density at radius 2 is 1.10 bits per heavy atom. The molecule has 0 N–H and O–H groups in total. The van der Waals surface area contributed by atoms with Gasteiger partial charge >= 0.3 is 0 Å². The van der Waals surface area contributed by atoms with Crippen molar-refractivity contribution in [2.45, 2.75) is 19.3 Å². The number of benzene rings is 9. The van der Waals surface area contributed by atoms with Crippen molar-refractivity contribution in [3.63, 3.8) is 0 Å². The maximum Gasteiger partial charge on any atom is 0.143 e. The molecule has 0 fully saturated rings. The van der Waals surface area contributed by atoms with Gasteiger partial charge in [0.15, 0.2) is 0 Å². The van der Waals surface area contributed by atoms with Crippen LogP contribution in [-0.2, 0) is 5.41 Å². The predicted octanol–water partition coefficient (Wildman–Crippen LogP) is 17.0. The van der Waals surface area contributed by atoms with Crippen LogP contribution in [0.1, 0.15) is 25.0 Å². The fourth-order valence-electron chi connectivity index (χ4n) is 10.2. The van der Waals surface area contributed by atoms with Gasteiger partial charge in [0.05, 0.1) is 5.69 Å². The van der Waals surface area contributed by atoms with Gasteiger partial charge in [-0.25, -0.2) is 0 Å². The van der Waals surface area contributed by atoms with Crippen molar-refractivity contribution in [3.05, 3.63) is 199 Å². The Bertz CT molecular complexity index is 3750. The minimum atomic E-state index is -0.173. The summed E-state index contributed by atoms with van der Waals surface area (Å²) >= 11 is 1.85. The van der Waals surface area contributed by atoms with E-state index in [1.165, 1.54) is 42.4 Å². The van der Waals surface area contributed by atoms with E-state index < -0.39 is 0 Å². The van der Waals surface area contributed by atoms with E-state index in [1.807, 2.05) is 17.4 Å². The van der Waals surface area contributed by atoms with Crippen molar-refractivity contribution in [3.8, 4) is 33.4 Å². The van der Waals surface area contributed by atoms with E-state index in [0.717, 1.165) is 83.2 Å². The van der Waals surface area contributed by atoms with Crippen molar-refractivity contribution in [2.75, 3.05) is 4.90 Å². The summed E-state index contributed by atoms with van der Waals surface area (Å²) in [6.07, 6.45) is 0. The van der Waals surface area contributed by atoms with Crippen LogP contribution in [0.2, 0.25) is 0 Å². The van der Waals surface area contributed by atoms with E-state index in [9.17, 15) is 0 Å². The predicted molar refractivity (Wildman–Crippen MR) is 257 cm³/mol. The van der Waals surface area contributed by atoms with Crippen LogP contribution in [-0.4, -0.2) is 0 Å². The smallest absolute Gasteiger partial charge is 0.143 e. The second-order valence-electron chi connectivity index (χ2n) is 16.8. The molecular weight excluding hydrogens is 763 g/mol. The van der Waals surface area contributed by atoms with E-state index in [-0.39, 0.29) is 5.41 Å². The summed E-state index contributed by atoms with van der Waals surface area (Å²) < 4.78 is 16.1. The molecule has 0 saturated carbocycles. The average Bonchev–Trinajstić information content (AvgIpc) is 4.05. The Kier molecular flexibility index (Phi) is 7.23. The van der Waals surface area contributed by atoms with Gasteiger partial charge in [-0.2, -0.15) is 0 Å². The zero-order chi connectivity index (χ0) is 40.4. The number of para-hydroxylation sites is 2. The summed E-state index contributed by atoms with van der Waals surface area (Å²) in [6.45, 7) is 4.72. The highest BCUT2D eigenvalue weighted by molar-refractivity contribution is 7.26. The van der Waals surface area contributed by atoms with Gasteiger partial charge in [0, 0.05) is 75.2 Å². The minimum absolute atomic E-state index is 0.173.